The Morgan fingerprint density at radius 1 is 1.22 bits per heavy atom. The molecule has 2 aliphatic rings. The molecule has 218 valence electrons. The maximum atomic E-state index is 14.6. The van der Waals surface area contributed by atoms with Crippen LogP contribution in [0.3, 0.4) is 0 Å². The molecule has 0 amide bonds. The van der Waals surface area contributed by atoms with Crippen LogP contribution >= 0.6 is 11.6 Å². The summed E-state index contributed by atoms with van der Waals surface area (Å²) in [6.07, 6.45) is -4.45. The van der Waals surface area contributed by atoms with Gasteiger partial charge in [-0.2, -0.15) is 23.1 Å². The van der Waals surface area contributed by atoms with Crippen molar-refractivity contribution in [1.29, 1.82) is 0 Å². The number of carbonyl (C=O) groups is 1. The van der Waals surface area contributed by atoms with Crippen LogP contribution < -0.4 is 20.7 Å². The number of halogens is 4. The predicted molar refractivity (Wildman–Crippen MR) is 150 cm³/mol. The topological polar surface area (TPSA) is 114 Å². The van der Waals surface area contributed by atoms with E-state index in [0.717, 1.165) is 12.0 Å². The van der Waals surface area contributed by atoms with E-state index in [9.17, 15) is 23.1 Å². The van der Waals surface area contributed by atoms with Gasteiger partial charge in [-0.15, -0.1) is 0 Å². The van der Waals surface area contributed by atoms with Gasteiger partial charge in [-0.05, 0) is 59.9 Å². The average molecular weight is 590 g/mol. The van der Waals surface area contributed by atoms with Gasteiger partial charge in [-0.3, -0.25) is 4.79 Å². The first kappa shape index (κ1) is 28.9. The van der Waals surface area contributed by atoms with E-state index < -0.39 is 24.3 Å². The smallest absolute Gasteiger partial charge is 0.429 e. The fraction of sp³-hybridized carbons (Fsp3) is 0.414. The summed E-state index contributed by atoms with van der Waals surface area (Å²) in [5, 5.41) is 12.7. The van der Waals surface area contributed by atoms with Crippen molar-refractivity contribution < 1.29 is 27.8 Å². The zero-order chi connectivity index (χ0) is 29.4. The van der Waals surface area contributed by atoms with E-state index in [-0.39, 0.29) is 22.8 Å². The number of anilines is 2. The third-order valence-corrected chi connectivity index (χ3v) is 8.23. The minimum Gasteiger partial charge on any atom is -0.480 e. The summed E-state index contributed by atoms with van der Waals surface area (Å²) >= 11 is 6.22. The number of aryl methyl sites for hydroxylation is 1. The van der Waals surface area contributed by atoms with E-state index in [1.807, 2.05) is 24.0 Å². The number of aliphatic carboxylic acids is 1. The van der Waals surface area contributed by atoms with Gasteiger partial charge in [0.05, 0.1) is 0 Å². The quantitative estimate of drug-likeness (QED) is 0.324. The van der Waals surface area contributed by atoms with Crippen LogP contribution in [0.25, 0.3) is 11.1 Å². The number of piperidine rings is 1. The molecular weight excluding hydrogens is 559 g/mol. The van der Waals surface area contributed by atoms with Crippen LogP contribution in [0.5, 0.6) is 5.88 Å². The van der Waals surface area contributed by atoms with Crippen LogP contribution in [-0.4, -0.2) is 52.9 Å². The number of hydrogen-bond acceptors (Lipinski definition) is 7. The molecule has 8 nitrogen and oxygen atoms in total. The number of nitrogens with zero attached hydrogens (tertiary/aromatic N) is 3. The van der Waals surface area contributed by atoms with E-state index >= 15 is 0 Å². The zero-order valence-electron chi connectivity index (χ0n) is 22.4. The predicted octanol–water partition coefficient (Wildman–Crippen LogP) is 5.66. The number of hydrogen-bond donors (Lipinski definition) is 3. The lowest BCUT2D eigenvalue weighted by Crippen LogP contribution is -2.41. The van der Waals surface area contributed by atoms with Crippen molar-refractivity contribution in [2.24, 2.45) is 5.41 Å². The Morgan fingerprint density at radius 2 is 1.98 bits per heavy atom. The minimum atomic E-state index is -4.78. The molecule has 2 aliphatic heterocycles. The fourth-order valence-corrected chi connectivity index (χ4v) is 5.90. The SMILES string of the molecule is CCc1cccc(-c2cc(Cl)ccc2[C@@H](Oc2cc(N3CCC4(CC3)CN[C@H](C(=O)O)C4)nc(N)n2)C(F)(F)F)c1. The zero-order valence-corrected chi connectivity index (χ0v) is 23.2. The molecule has 2 atom stereocenters. The molecule has 5 rings (SSSR count). The van der Waals surface area contributed by atoms with Gasteiger partial charge in [0.25, 0.3) is 0 Å². The molecular formula is C29H31ClF3N5O3. The summed E-state index contributed by atoms with van der Waals surface area (Å²) in [5.74, 6) is -1.02. The third-order valence-electron chi connectivity index (χ3n) is 7.99. The largest absolute Gasteiger partial charge is 0.480 e. The van der Waals surface area contributed by atoms with Crippen LogP contribution in [0.15, 0.2) is 48.5 Å². The van der Waals surface area contributed by atoms with E-state index in [0.29, 0.717) is 60.9 Å². The molecule has 1 spiro atoms. The van der Waals surface area contributed by atoms with E-state index in [4.69, 9.17) is 22.1 Å². The second-order valence-corrected chi connectivity index (χ2v) is 11.1. The van der Waals surface area contributed by atoms with Gasteiger partial charge < -0.3 is 25.8 Å². The van der Waals surface area contributed by atoms with Crippen LogP contribution in [0.2, 0.25) is 5.02 Å². The molecule has 12 heteroatoms. The lowest BCUT2D eigenvalue weighted by Gasteiger charge is -2.39. The molecule has 0 unspecified atom stereocenters. The van der Waals surface area contributed by atoms with Crippen molar-refractivity contribution in [2.75, 3.05) is 30.3 Å². The van der Waals surface area contributed by atoms with Crippen molar-refractivity contribution >= 4 is 29.3 Å². The highest BCUT2D eigenvalue weighted by Crippen LogP contribution is 2.43. The molecule has 41 heavy (non-hydrogen) atoms. The van der Waals surface area contributed by atoms with E-state index in [2.05, 4.69) is 15.3 Å². The first-order valence-electron chi connectivity index (χ1n) is 13.4. The number of alkyl halides is 3. The van der Waals surface area contributed by atoms with Crippen LogP contribution in [0, 0.1) is 5.41 Å². The van der Waals surface area contributed by atoms with Gasteiger partial charge in [0.15, 0.2) is 0 Å². The van der Waals surface area contributed by atoms with Crippen molar-refractivity contribution in [3.05, 3.63) is 64.7 Å². The van der Waals surface area contributed by atoms with Gasteiger partial charge in [0, 0.05) is 36.3 Å². The monoisotopic (exact) mass is 589 g/mol. The Morgan fingerprint density at radius 3 is 2.63 bits per heavy atom. The Hall–Kier alpha value is -3.57. The lowest BCUT2D eigenvalue weighted by atomic mass is 9.76. The number of ether oxygens (including phenoxy) is 1. The standard InChI is InChI=1S/C29H31ClF3N5O3/c1-2-17-4-3-5-18(12-17)21-13-19(30)6-7-20(21)25(29(31,32)33)41-24-14-23(36-27(34)37-24)38-10-8-28(9-11-38)15-22(26(39)40)35-16-28/h3-7,12-14,22,25,35H,2,8-11,15-16H2,1H3,(H,39,40)(H2,34,36,37)/t22-,25+/m0/s1. The van der Waals surface area contributed by atoms with Crippen molar-refractivity contribution in [3.63, 3.8) is 0 Å². The van der Waals surface area contributed by atoms with Crippen molar-refractivity contribution in [3.8, 4) is 17.0 Å². The normalized spacial score (nSPS) is 19.3. The highest BCUT2D eigenvalue weighted by Gasteiger charge is 2.46. The number of carboxylic acid groups (broad SMARTS) is 1. The number of nitrogens with one attached hydrogen (secondary N) is 1. The van der Waals surface area contributed by atoms with Gasteiger partial charge in [-0.1, -0.05) is 48.9 Å². The van der Waals surface area contributed by atoms with E-state index in [1.54, 1.807) is 12.1 Å². The summed E-state index contributed by atoms with van der Waals surface area (Å²) in [5.41, 5.74) is 7.56. The Balaban J connectivity index is 1.42. The second-order valence-electron chi connectivity index (χ2n) is 10.7. The third kappa shape index (κ3) is 6.36. The number of benzene rings is 2. The first-order valence-corrected chi connectivity index (χ1v) is 13.8. The molecule has 2 fully saturated rings. The van der Waals surface area contributed by atoms with Crippen LogP contribution in [0.1, 0.15) is 43.4 Å². The molecule has 4 N–H and O–H groups in total. The number of nitrogens with two attached hydrogens (primary N) is 1. The van der Waals surface area contributed by atoms with Crippen molar-refractivity contribution in [1.82, 2.24) is 15.3 Å². The summed E-state index contributed by atoms with van der Waals surface area (Å²) in [4.78, 5) is 21.5. The van der Waals surface area contributed by atoms with Crippen LogP contribution in [-0.2, 0) is 11.2 Å². The second kappa shape index (κ2) is 11.4. The highest BCUT2D eigenvalue weighted by molar-refractivity contribution is 6.30. The number of carboxylic acids is 1. The maximum absolute atomic E-state index is 14.6. The molecule has 0 radical (unpaired) electrons. The molecule has 0 aliphatic carbocycles. The summed E-state index contributed by atoms with van der Waals surface area (Å²) in [6.45, 7) is 3.66. The Bertz CT molecular complexity index is 1430. The minimum absolute atomic E-state index is 0.101. The van der Waals surface area contributed by atoms with Gasteiger partial charge in [0.2, 0.25) is 17.9 Å². The molecule has 3 heterocycles. The van der Waals surface area contributed by atoms with E-state index in [1.165, 1.54) is 24.3 Å². The Labute approximate surface area is 240 Å². The molecule has 1 aromatic heterocycles. The van der Waals surface area contributed by atoms with Gasteiger partial charge >= 0.3 is 12.1 Å². The average Bonchev–Trinajstić information content (AvgIpc) is 3.35. The fourth-order valence-electron chi connectivity index (χ4n) is 5.73. The van der Waals surface area contributed by atoms with Gasteiger partial charge in [0.1, 0.15) is 11.9 Å². The first-order chi connectivity index (χ1) is 19.5. The molecule has 0 bridgehead atoms. The number of aromatic nitrogens is 2. The van der Waals surface area contributed by atoms with Gasteiger partial charge in [-0.25, -0.2) is 0 Å². The molecule has 0 saturated carbocycles. The summed E-state index contributed by atoms with van der Waals surface area (Å²) < 4.78 is 49.2. The number of nitrogen functional groups attached to an aromatic ring is 1. The summed E-state index contributed by atoms with van der Waals surface area (Å²) in [6, 6.07) is 12.3. The van der Waals surface area contributed by atoms with Crippen molar-refractivity contribution in [2.45, 2.75) is 50.9 Å². The maximum Gasteiger partial charge on any atom is 0.429 e. The molecule has 2 saturated heterocycles. The molecule has 2 aromatic carbocycles. The summed E-state index contributed by atoms with van der Waals surface area (Å²) in [7, 11) is 0. The Kier molecular flexibility index (Phi) is 8.02. The molecule has 3 aromatic rings. The lowest BCUT2D eigenvalue weighted by molar-refractivity contribution is -0.198. The number of rotatable bonds is 7. The van der Waals surface area contributed by atoms with Crippen LogP contribution in [0.4, 0.5) is 24.9 Å². The highest BCUT2D eigenvalue weighted by atomic mass is 35.5.